The van der Waals surface area contributed by atoms with Crippen LogP contribution >= 0.6 is 0 Å². The highest BCUT2D eigenvalue weighted by molar-refractivity contribution is 4.79. The van der Waals surface area contributed by atoms with Gasteiger partial charge in [0.05, 0.1) is 12.2 Å². The molecule has 66 valence electrons. The molecule has 2 unspecified atom stereocenters. The monoisotopic (exact) mass is 158 g/mol. The largest absolute Gasteiger partial charge is 0.379 e. The van der Waals surface area contributed by atoms with Gasteiger partial charge in [-0.2, -0.15) is 0 Å². The smallest absolute Gasteiger partial charge is 0.0835 e. The molecule has 2 heteroatoms. The summed E-state index contributed by atoms with van der Waals surface area (Å²) in [5.41, 5.74) is 0. The van der Waals surface area contributed by atoms with Crippen molar-refractivity contribution < 1.29 is 9.47 Å². The van der Waals surface area contributed by atoms with Gasteiger partial charge in [0.2, 0.25) is 0 Å². The molecule has 1 rings (SSSR count). The third-order valence-electron chi connectivity index (χ3n) is 2.60. The minimum Gasteiger partial charge on any atom is -0.379 e. The molecule has 3 atom stereocenters. The van der Waals surface area contributed by atoms with Crippen LogP contribution in [0.4, 0.5) is 0 Å². The molecule has 0 bridgehead atoms. The van der Waals surface area contributed by atoms with Gasteiger partial charge in [0.15, 0.2) is 0 Å². The zero-order valence-electron chi connectivity index (χ0n) is 7.67. The normalized spacial score (nSPS) is 39.0. The molecule has 0 N–H and O–H groups in total. The molecule has 0 aromatic heterocycles. The van der Waals surface area contributed by atoms with Gasteiger partial charge in [0.25, 0.3) is 0 Å². The SMILES string of the molecule is COC1CC[C@H](C)CC1OC. The Kier molecular flexibility index (Phi) is 3.34. The summed E-state index contributed by atoms with van der Waals surface area (Å²) in [6.45, 7) is 2.28. The number of ether oxygens (including phenoxy) is 2. The van der Waals surface area contributed by atoms with Crippen molar-refractivity contribution in [2.45, 2.75) is 38.4 Å². The van der Waals surface area contributed by atoms with Crippen molar-refractivity contribution in [3.05, 3.63) is 0 Å². The fourth-order valence-electron chi connectivity index (χ4n) is 1.82. The highest BCUT2D eigenvalue weighted by Gasteiger charge is 2.28. The van der Waals surface area contributed by atoms with Crippen LogP contribution in [0.3, 0.4) is 0 Å². The highest BCUT2D eigenvalue weighted by Crippen LogP contribution is 2.27. The van der Waals surface area contributed by atoms with Crippen LogP contribution in [-0.2, 0) is 9.47 Å². The summed E-state index contributed by atoms with van der Waals surface area (Å²) in [5, 5.41) is 0. The molecule has 0 heterocycles. The van der Waals surface area contributed by atoms with Crippen molar-refractivity contribution in [1.82, 2.24) is 0 Å². The number of hydrogen-bond acceptors (Lipinski definition) is 2. The van der Waals surface area contributed by atoms with E-state index < -0.39 is 0 Å². The van der Waals surface area contributed by atoms with Crippen molar-refractivity contribution in [3.8, 4) is 0 Å². The maximum absolute atomic E-state index is 5.34. The van der Waals surface area contributed by atoms with E-state index in [1.807, 2.05) is 0 Å². The lowest BCUT2D eigenvalue weighted by Gasteiger charge is -2.32. The molecule has 1 fully saturated rings. The van der Waals surface area contributed by atoms with Gasteiger partial charge in [-0.25, -0.2) is 0 Å². The lowest BCUT2D eigenvalue weighted by Crippen LogP contribution is -2.35. The van der Waals surface area contributed by atoms with Crippen LogP contribution in [0.1, 0.15) is 26.2 Å². The van der Waals surface area contributed by atoms with Gasteiger partial charge in [-0.1, -0.05) is 6.92 Å². The Morgan fingerprint density at radius 1 is 1.00 bits per heavy atom. The second-order valence-electron chi connectivity index (χ2n) is 3.47. The molecular formula is C9H18O2. The second-order valence-corrected chi connectivity index (χ2v) is 3.47. The van der Waals surface area contributed by atoms with E-state index in [4.69, 9.17) is 9.47 Å². The van der Waals surface area contributed by atoms with Gasteiger partial charge in [0, 0.05) is 14.2 Å². The first-order chi connectivity index (χ1) is 5.27. The average molecular weight is 158 g/mol. The predicted octanol–water partition coefficient (Wildman–Crippen LogP) is 1.84. The van der Waals surface area contributed by atoms with E-state index in [0.717, 1.165) is 18.8 Å². The minimum absolute atomic E-state index is 0.323. The van der Waals surface area contributed by atoms with Gasteiger partial charge < -0.3 is 9.47 Å². The Morgan fingerprint density at radius 2 is 1.64 bits per heavy atom. The van der Waals surface area contributed by atoms with E-state index >= 15 is 0 Å². The first-order valence-corrected chi connectivity index (χ1v) is 4.33. The minimum atomic E-state index is 0.323. The van der Waals surface area contributed by atoms with Gasteiger partial charge in [-0.05, 0) is 25.2 Å². The first-order valence-electron chi connectivity index (χ1n) is 4.33. The molecule has 0 radical (unpaired) electrons. The van der Waals surface area contributed by atoms with E-state index in [9.17, 15) is 0 Å². The van der Waals surface area contributed by atoms with Crippen molar-refractivity contribution in [2.75, 3.05) is 14.2 Å². The average Bonchev–Trinajstić information content (AvgIpc) is 2.04. The number of methoxy groups -OCH3 is 2. The van der Waals surface area contributed by atoms with Gasteiger partial charge in [0.1, 0.15) is 0 Å². The van der Waals surface area contributed by atoms with Crippen LogP contribution in [0.2, 0.25) is 0 Å². The van der Waals surface area contributed by atoms with Crippen molar-refractivity contribution in [2.24, 2.45) is 5.92 Å². The van der Waals surface area contributed by atoms with Crippen LogP contribution in [0.15, 0.2) is 0 Å². The van der Waals surface area contributed by atoms with Crippen LogP contribution < -0.4 is 0 Å². The van der Waals surface area contributed by atoms with Gasteiger partial charge in [-0.3, -0.25) is 0 Å². The summed E-state index contributed by atoms with van der Waals surface area (Å²) < 4.78 is 10.7. The highest BCUT2D eigenvalue weighted by atomic mass is 16.5. The lowest BCUT2D eigenvalue weighted by atomic mass is 9.86. The van der Waals surface area contributed by atoms with Crippen molar-refractivity contribution >= 4 is 0 Å². The fraction of sp³-hybridized carbons (Fsp3) is 1.00. The summed E-state index contributed by atoms with van der Waals surface area (Å²) >= 11 is 0. The fourth-order valence-corrected chi connectivity index (χ4v) is 1.82. The quantitative estimate of drug-likeness (QED) is 0.610. The standard InChI is InChI=1S/C9H18O2/c1-7-4-5-8(10-2)9(6-7)11-3/h7-9H,4-6H2,1-3H3/t7-,8?,9?/m0/s1. The van der Waals surface area contributed by atoms with E-state index in [0.29, 0.717) is 12.2 Å². The van der Waals surface area contributed by atoms with Crippen LogP contribution in [0, 0.1) is 5.92 Å². The third kappa shape index (κ3) is 2.17. The zero-order chi connectivity index (χ0) is 8.27. The Balaban J connectivity index is 2.41. The maximum Gasteiger partial charge on any atom is 0.0835 e. The summed E-state index contributed by atoms with van der Waals surface area (Å²) in [7, 11) is 3.54. The van der Waals surface area contributed by atoms with Crippen molar-refractivity contribution in [1.29, 1.82) is 0 Å². The molecular weight excluding hydrogens is 140 g/mol. The Bertz CT molecular complexity index is 114. The summed E-state index contributed by atoms with van der Waals surface area (Å²) in [6.07, 6.45) is 4.23. The van der Waals surface area contributed by atoms with Crippen LogP contribution in [-0.4, -0.2) is 26.4 Å². The molecule has 1 saturated carbocycles. The Hall–Kier alpha value is -0.0800. The molecule has 2 nitrogen and oxygen atoms in total. The summed E-state index contributed by atoms with van der Waals surface area (Å²) in [6, 6.07) is 0. The van der Waals surface area contributed by atoms with Crippen LogP contribution in [0.25, 0.3) is 0 Å². The molecule has 0 amide bonds. The van der Waals surface area contributed by atoms with E-state index in [1.54, 1.807) is 14.2 Å². The Morgan fingerprint density at radius 3 is 2.18 bits per heavy atom. The predicted molar refractivity (Wildman–Crippen MR) is 44.6 cm³/mol. The summed E-state index contributed by atoms with van der Waals surface area (Å²) in [4.78, 5) is 0. The lowest BCUT2D eigenvalue weighted by molar-refractivity contribution is -0.0683. The molecule has 0 aliphatic heterocycles. The molecule has 0 spiro atoms. The van der Waals surface area contributed by atoms with Gasteiger partial charge in [-0.15, -0.1) is 0 Å². The van der Waals surface area contributed by atoms with Gasteiger partial charge >= 0.3 is 0 Å². The van der Waals surface area contributed by atoms with Crippen molar-refractivity contribution in [3.63, 3.8) is 0 Å². The van der Waals surface area contributed by atoms with E-state index in [2.05, 4.69) is 6.92 Å². The second kappa shape index (κ2) is 4.07. The molecule has 0 saturated heterocycles. The molecule has 11 heavy (non-hydrogen) atoms. The zero-order valence-corrected chi connectivity index (χ0v) is 7.67. The summed E-state index contributed by atoms with van der Waals surface area (Å²) in [5.74, 6) is 0.798. The maximum atomic E-state index is 5.34. The van der Waals surface area contributed by atoms with E-state index in [-0.39, 0.29) is 0 Å². The molecule has 1 aliphatic rings. The molecule has 0 aromatic carbocycles. The van der Waals surface area contributed by atoms with Crippen LogP contribution in [0.5, 0.6) is 0 Å². The first kappa shape index (κ1) is 9.01. The molecule has 1 aliphatic carbocycles. The molecule has 0 aromatic rings. The Labute approximate surface area is 68.9 Å². The number of rotatable bonds is 2. The van der Waals surface area contributed by atoms with E-state index in [1.165, 1.54) is 6.42 Å². The third-order valence-corrected chi connectivity index (χ3v) is 2.60. The number of hydrogen-bond donors (Lipinski definition) is 0. The topological polar surface area (TPSA) is 18.5 Å².